The minimum absolute atomic E-state index is 0.0145. The van der Waals surface area contributed by atoms with Gasteiger partial charge in [-0.25, -0.2) is 0 Å². The van der Waals surface area contributed by atoms with E-state index in [0.717, 1.165) is 12.1 Å². The highest BCUT2D eigenvalue weighted by Gasteiger charge is 2.06. The normalized spacial score (nSPS) is 13.1. The highest BCUT2D eigenvalue weighted by atomic mass is 16.5. The summed E-state index contributed by atoms with van der Waals surface area (Å²) in [5.74, 6) is 0. The van der Waals surface area contributed by atoms with Gasteiger partial charge in [0, 0.05) is 25.4 Å². The van der Waals surface area contributed by atoms with Gasteiger partial charge in [-0.1, -0.05) is 12.1 Å². The Labute approximate surface area is 101 Å². The number of rotatable bonds is 6. The fraction of sp³-hybridized carbons (Fsp3) is 0.385. The van der Waals surface area contributed by atoms with E-state index in [0.29, 0.717) is 6.61 Å². The standard InChI is InChI=1S/C13H18N2O2/c1-17-9-12(8-16)15-7-10-2-3-11-4-5-14-13(11)6-10/h2-6,12,14-16H,7-9H2,1H3. The van der Waals surface area contributed by atoms with Crippen LogP contribution < -0.4 is 5.32 Å². The third-order valence-electron chi connectivity index (χ3n) is 2.80. The third kappa shape index (κ3) is 3.06. The maximum Gasteiger partial charge on any atom is 0.0638 e. The molecule has 92 valence electrons. The molecular formula is C13H18N2O2. The molecule has 0 aliphatic rings. The Balaban J connectivity index is 1.97. The molecule has 0 aliphatic heterocycles. The fourth-order valence-corrected chi connectivity index (χ4v) is 1.84. The zero-order valence-electron chi connectivity index (χ0n) is 9.94. The third-order valence-corrected chi connectivity index (χ3v) is 2.80. The van der Waals surface area contributed by atoms with Crippen LogP contribution in [0.2, 0.25) is 0 Å². The van der Waals surface area contributed by atoms with E-state index in [1.165, 1.54) is 10.9 Å². The first-order chi connectivity index (χ1) is 8.33. The maximum absolute atomic E-state index is 9.13. The van der Waals surface area contributed by atoms with Gasteiger partial charge in [0.05, 0.1) is 19.3 Å². The number of nitrogens with one attached hydrogen (secondary N) is 2. The summed E-state index contributed by atoms with van der Waals surface area (Å²) in [6, 6.07) is 8.33. The molecule has 1 aromatic carbocycles. The first-order valence-corrected chi connectivity index (χ1v) is 5.72. The van der Waals surface area contributed by atoms with Gasteiger partial charge in [-0.15, -0.1) is 0 Å². The molecule has 2 rings (SSSR count). The minimum Gasteiger partial charge on any atom is -0.395 e. The number of hydrogen-bond donors (Lipinski definition) is 3. The van der Waals surface area contributed by atoms with Crippen molar-refractivity contribution in [2.75, 3.05) is 20.3 Å². The number of aliphatic hydroxyl groups is 1. The Hall–Kier alpha value is -1.36. The van der Waals surface area contributed by atoms with Crippen molar-refractivity contribution < 1.29 is 9.84 Å². The van der Waals surface area contributed by atoms with Crippen molar-refractivity contribution in [3.63, 3.8) is 0 Å². The summed E-state index contributed by atoms with van der Waals surface area (Å²) < 4.78 is 5.01. The summed E-state index contributed by atoms with van der Waals surface area (Å²) in [7, 11) is 1.63. The molecule has 1 unspecified atom stereocenters. The van der Waals surface area contributed by atoms with Crippen LogP contribution in [-0.4, -0.2) is 36.5 Å². The van der Waals surface area contributed by atoms with Crippen LogP contribution in [0, 0.1) is 0 Å². The second kappa shape index (κ2) is 5.82. The summed E-state index contributed by atoms with van der Waals surface area (Å²) in [5, 5.41) is 13.6. The quantitative estimate of drug-likeness (QED) is 0.705. The first kappa shape index (κ1) is 12.1. The topological polar surface area (TPSA) is 57.3 Å². The first-order valence-electron chi connectivity index (χ1n) is 5.72. The zero-order chi connectivity index (χ0) is 12.1. The number of H-pyrrole nitrogens is 1. The van der Waals surface area contributed by atoms with Crippen LogP contribution in [-0.2, 0) is 11.3 Å². The Morgan fingerprint density at radius 2 is 2.29 bits per heavy atom. The van der Waals surface area contributed by atoms with Crippen molar-refractivity contribution in [3.8, 4) is 0 Å². The van der Waals surface area contributed by atoms with E-state index in [1.54, 1.807) is 7.11 Å². The summed E-state index contributed by atoms with van der Waals surface area (Å²) in [6.07, 6.45) is 1.93. The molecule has 0 saturated carbocycles. The van der Waals surface area contributed by atoms with E-state index >= 15 is 0 Å². The van der Waals surface area contributed by atoms with E-state index in [4.69, 9.17) is 9.84 Å². The van der Waals surface area contributed by atoms with Crippen LogP contribution in [0.15, 0.2) is 30.5 Å². The van der Waals surface area contributed by atoms with Crippen molar-refractivity contribution in [2.45, 2.75) is 12.6 Å². The molecule has 1 heterocycles. The van der Waals surface area contributed by atoms with Gasteiger partial charge in [-0.2, -0.15) is 0 Å². The van der Waals surface area contributed by atoms with E-state index < -0.39 is 0 Å². The summed E-state index contributed by atoms with van der Waals surface area (Å²) in [6.45, 7) is 1.32. The number of fused-ring (bicyclic) bond motifs is 1. The monoisotopic (exact) mass is 234 g/mol. The lowest BCUT2D eigenvalue weighted by Gasteiger charge is -2.15. The molecule has 1 atom stereocenters. The van der Waals surface area contributed by atoms with E-state index in [1.807, 2.05) is 12.3 Å². The van der Waals surface area contributed by atoms with Crippen molar-refractivity contribution >= 4 is 10.9 Å². The van der Waals surface area contributed by atoms with Crippen LogP contribution in [0.4, 0.5) is 0 Å². The Morgan fingerprint density at radius 1 is 1.41 bits per heavy atom. The van der Waals surface area contributed by atoms with E-state index in [9.17, 15) is 0 Å². The SMILES string of the molecule is COCC(CO)NCc1ccc2cc[nH]c2c1. The average molecular weight is 234 g/mol. The van der Waals surface area contributed by atoms with Gasteiger partial charge < -0.3 is 20.1 Å². The number of aromatic nitrogens is 1. The Kier molecular flexibility index (Phi) is 4.14. The van der Waals surface area contributed by atoms with Gasteiger partial charge in [0.1, 0.15) is 0 Å². The van der Waals surface area contributed by atoms with Gasteiger partial charge in [-0.3, -0.25) is 0 Å². The van der Waals surface area contributed by atoms with Crippen molar-refractivity contribution in [1.29, 1.82) is 0 Å². The highest BCUT2D eigenvalue weighted by molar-refractivity contribution is 5.79. The molecule has 0 aliphatic carbocycles. The van der Waals surface area contributed by atoms with Crippen molar-refractivity contribution in [1.82, 2.24) is 10.3 Å². The van der Waals surface area contributed by atoms with Gasteiger partial charge in [-0.05, 0) is 23.1 Å². The molecule has 1 aromatic heterocycles. The molecule has 0 spiro atoms. The number of ether oxygens (including phenoxy) is 1. The maximum atomic E-state index is 9.13. The molecule has 4 nitrogen and oxygen atoms in total. The highest BCUT2D eigenvalue weighted by Crippen LogP contribution is 2.13. The molecule has 0 radical (unpaired) electrons. The summed E-state index contributed by atoms with van der Waals surface area (Å²) >= 11 is 0. The smallest absolute Gasteiger partial charge is 0.0638 e. The number of methoxy groups -OCH3 is 1. The van der Waals surface area contributed by atoms with E-state index in [-0.39, 0.29) is 12.6 Å². The second-order valence-electron chi connectivity index (χ2n) is 4.12. The fourth-order valence-electron chi connectivity index (χ4n) is 1.84. The molecule has 0 bridgehead atoms. The molecule has 17 heavy (non-hydrogen) atoms. The lowest BCUT2D eigenvalue weighted by atomic mass is 10.1. The largest absolute Gasteiger partial charge is 0.395 e. The lowest BCUT2D eigenvalue weighted by Crippen LogP contribution is -2.35. The van der Waals surface area contributed by atoms with Gasteiger partial charge in [0.2, 0.25) is 0 Å². The van der Waals surface area contributed by atoms with E-state index in [2.05, 4.69) is 28.5 Å². The Morgan fingerprint density at radius 3 is 3.06 bits per heavy atom. The predicted octanol–water partition coefficient (Wildman–Crippen LogP) is 1.26. The number of aliphatic hydroxyl groups excluding tert-OH is 1. The molecular weight excluding hydrogens is 216 g/mol. The van der Waals surface area contributed by atoms with Gasteiger partial charge in [0.25, 0.3) is 0 Å². The molecule has 3 N–H and O–H groups in total. The number of aromatic amines is 1. The van der Waals surface area contributed by atoms with Crippen molar-refractivity contribution in [2.24, 2.45) is 0 Å². The molecule has 4 heteroatoms. The molecule has 0 saturated heterocycles. The van der Waals surface area contributed by atoms with Gasteiger partial charge >= 0.3 is 0 Å². The summed E-state index contributed by atoms with van der Waals surface area (Å²) in [5.41, 5.74) is 2.33. The van der Waals surface area contributed by atoms with Crippen LogP contribution in [0.3, 0.4) is 0 Å². The van der Waals surface area contributed by atoms with Crippen molar-refractivity contribution in [3.05, 3.63) is 36.0 Å². The van der Waals surface area contributed by atoms with Crippen LogP contribution in [0.5, 0.6) is 0 Å². The summed E-state index contributed by atoms with van der Waals surface area (Å²) in [4.78, 5) is 3.18. The second-order valence-corrected chi connectivity index (χ2v) is 4.12. The van der Waals surface area contributed by atoms with Gasteiger partial charge in [0.15, 0.2) is 0 Å². The van der Waals surface area contributed by atoms with Crippen LogP contribution in [0.25, 0.3) is 10.9 Å². The van der Waals surface area contributed by atoms with Crippen LogP contribution in [0.1, 0.15) is 5.56 Å². The zero-order valence-corrected chi connectivity index (χ0v) is 9.94. The molecule has 0 fully saturated rings. The number of benzene rings is 1. The molecule has 0 amide bonds. The number of hydrogen-bond acceptors (Lipinski definition) is 3. The van der Waals surface area contributed by atoms with Crippen LogP contribution >= 0.6 is 0 Å². The average Bonchev–Trinajstić information content (AvgIpc) is 2.81. The predicted molar refractivity (Wildman–Crippen MR) is 67.9 cm³/mol. The molecule has 2 aromatic rings. The Bertz CT molecular complexity index is 467. The lowest BCUT2D eigenvalue weighted by molar-refractivity contribution is 0.128. The minimum atomic E-state index is -0.0145.